The summed E-state index contributed by atoms with van der Waals surface area (Å²) in [6.45, 7) is 22.5. The fourth-order valence-electron chi connectivity index (χ4n) is 9.73. The van der Waals surface area contributed by atoms with Crippen molar-refractivity contribution in [2.75, 3.05) is 53.4 Å². The van der Waals surface area contributed by atoms with E-state index in [4.69, 9.17) is 17.5 Å². The van der Waals surface area contributed by atoms with Crippen molar-refractivity contribution < 1.29 is 26.5 Å². The predicted molar refractivity (Wildman–Crippen MR) is 289 cm³/mol. The molecule has 0 fully saturated rings. The van der Waals surface area contributed by atoms with Crippen LogP contribution in [-0.2, 0) is 10.4 Å². The van der Waals surface area contributed by atoms with E-state index in [-0.39, 0.29) is 0 Å². The van der Waals surface area contributed by atoms with Gasteiger partial charge in [0.1, 0.15) is 0 Å². The Morgan fingerprint density at radius 1 is 0.231 bits per heavy atom. The third kappa shape index (κ3) is 63.8. The molecule has 0 rings (SSSR count). The van der Waals surface area contributed by atoms with Gasteiger partial charge in [-0.1, -0.05) is 247 Å². The molecule has 0 spiro atoms. The highest BCUT2D eigenvalue weighted by Crippen LogP contribution is 2.19. The third-order valence-electron chi connectivity index (χ3n) is 14.3. The molecule has 6 nitrogen and oxygen atoms in total. The van der Waals surface area contributed by atoms with E-state index in [2.05, 4.69) is 55.6 Å². The Balaban J connectivity index is -0.00000107. The maximum atomic E-state index is 8.52. The minimum atomic E-state index is -5.17. The molecule has 396 valence electrons. The van der Waals surface area contributed by atoms with Crippen LogP contribution in [0.25, 0.3) is 0 Å². The summed E-state index contributed by atoms with van der Waals surface area (Å²) in [6.07, 6.45) is 63.6. The molecule has 0 heterocycles. The maximum Gasteiger partial charge on any atom is 0.0784 e. The molecule has 0 aliphatic carbocycles. The molecular formula is C58H124N2O4S. The van der Waals surface area contributed by atoms with E-state index in [1.807, 2.05) is 0 Å². The smallest absolute Gasteiger partial charge is 0.0784 e. The van der Waals surface area contributed by atoms with Crippen molar-refractivity contribution in [3.05, 3.63) is 0 Å². The molecule has 0 N–H and O–H groups in total. The minimum absolute atomic E-state index is 1.36. The Morgan fingerprint density at radius 3 is 0.431 bits per heavy atom. The van der Waals surface area contributed by atoms with Crippen LogP contribution in [0.4, 0.5) is 0 Å². The molecule has 0 bridgehead atoms. The summed E-state index contributed by atoms with van der Waals surface area (Å²) in [5, 5.41) is 0. The van der Waals surface area contributed by atoms with Crippen LogP contribution in [0.3, 0.4) is 0 Å². The summed E-state index contributed by atoms with van der Waals surface area (Å²) in [4.78, 5) is 0. The van der Waals surface area contributed by atoms with Gasteiger partial charge in [0.2, 0.25) is 0 Å². The van der Waals surface area contributed by atoms with Gasteiger partial charge < -0.3 is 18.1 Å². The van der Waals surface area contributed by atoms with Crippen LogP contribution in [0.5, 0.6) is 0 Å². The number of hydrogen-bond donors (Lipinski definition) is 0. The monoisotopic (exact) mass is 945 g/mol. The summed E-state index contributed by atoms with van der Waals surface area (Å²) in [5.74, 6) is 0. The SMILES string of the molecule is CCCCCCCCCC[N+](C)(CCCCCCCC)CCCCCCCCCC.CCCCCCCCCC[N+](C)(CCCCCCCC)CCCCCCCCCC.O=S(=O)([O-])[O-]. The van der Waals surface area contributed by atoms with Crippen LogP contribution in [0.2, 0.25) is 0 Å². The first-order chi connectivity index (χ1) is 31.4. The van der Waals surface area contributed by atoms with Gasteiger partial charge in [-0.2, -0.15) is 0 Å². The molecule has 65 heavy (non-hydrogen) atoms. The lowest BCUT2D eigenvalue weighted by molar-refractivity contribution is -0.910. The highest BCUT2D eigenvalue weighted by molar-refractivity contribution is 7.79. The number of unbranched alkanes of at least 4 members (excludes halogenated alkanes) is 38. The zero-order chi connectivity index (χ0) is 48.9. The Morgan fingerprint density at radius 2 is 0.323 bits per heavy atom. The highest BCUT2D eigenvalue weighted by atomic mass is 32.3. The van der Waals surface area contributed by atoms with Crippen molar-refractivity contribution in [2.24, 2.45) is 0 Å². The molecule has 0 radical (unpaired) electrons. The van der Waals surface area contributed by atoms with Gasteiger partial charge in [0, 0.05) is 10.4 Å². The van der Waals surface area contributed by atoms with Gasteiger partial charge in [0.25, 0.3) is 0 Å². The van der Waals surface area contributed by atoms with Crippen molar-refractivity contribution in [3.63, 3.8) is 0 Å². The van der Waals surface area contributed by atoms with Crippen molar-refractivity contribution in [3.8, 4) is 0 Å². The maximum absolute atomic E-state index is 8.52. The second kappa shape index (κ2) is 54.7. The molecule has 0 aliphatic heterocycles. The van der Waals surface area contributed by atoms with Gasteiger partial charge in [-0.25, -0.2) is 0 Å². The summed E-state index contributed by atoms with van der Waals surface area (Å²) in [7, 11) is -0.0108. The zero-order valence-electron chi connectivity index (χ0n) is 46.3. The molecule has 0 saturated heterocycles. The molecule has 0 aliphatic rings. The van der Waals surface area contributed by atoms with Crippen LogP contribution in [-0.4, -0.2) is 79.9 Å². The lowest BCUT2D eigenvalue weighted by atomic mass is 10.1. The van der Waals surface area contributed by atoms with Gasteiger partial charge in [-0.3, -0.25) is 8.42 Å². The van der Waals surface area contributed by atoms with Gasteiger partial charge in [0.15, 0.2) is 0 Å². The average molecular weight is 946 g/mol. The van der Waals surface area contributed by atoms with E-state index in [0.717, 1.165) is 0 Å². The molecule has 0 saturated carbocycles. The minimum Gasteiger partial charge on any atom is -0.759 e. The average Bonchev–Trinajstić information content (AvgIpc) is 3.27. The number of rotatable bonds is 50. The Labute approximate surface area is 412 Å². The van der Waals surface area contributed by atoms with E-state index >= 15 is 0 Å². The normalized spacial score (nSPS) is 12.0. The predicted octanol–water partition coefficient (Wildman–Crippen LogP) is 18.8. The van der Waals surface area contributed by atoms with E-state index in [9.17, 15) is 0 Å². The molecular weight excluding hydrogens is 821 g/mol. The standard InChI is InChI=1S/2C29H62N.H2O4S/c2*1-5-8-11-14-17-19-22-25-28-30(4,27-24-21-16-13-10-7-3)29-26-23-20-18-15-12-9-6-2;1-5(2,3)4/h2*5-29H2,1-4H3;(H2,1,2,3,4)/q2*+1;/p-2. The first kappa shape index (κ1) is 69.1. The first-order valence-corrected chi connectivity index (χ1v) is 31.0. The fraction of sp³-hybridized carbons (Fsp3) is 1.00. The van der Waals surface area contributed by atoms with Crippen molar-refractivity contribution in [2.45, 2.75) is 324 Å². The topological polar surface area (TPSA) is 80.3 Å². The Hall–Kier alpha value is -0.210. The molecule has 0 amide bonds. The van der Waals surface area contributed by atoms with Crippen LogP contribution in [0.15, 0.2) is 0 Å². The van der Waals surface area contributed by atoms with Gasteiger partial charge >= 0.3 is 0 Å². The second-order valence-electron chi connectivity index (χ2n) is 21.4. The van der Waals surface area contributed by atoms with Gasteiger partial charge in [0.05, 0.1) is 53.4 Å². The van der Waals surface area contributed by atoms with E-state index in [1.165, 1.54) is 331 Å². The summed E-state index contributed by atoms with van der Waals surface area (Å²) >= 11 is 0. The highest BCUT2D eigenvalue weighted by Gasteiger charge is 2.21. The van der Waals surface area contributed by atoms with Crippen LogP contribution in [0, 0.1) is 0 Å². The van der Waals surface area contributed by atoms with E-state index < -0.39 is 10.4 Å². The van der Waals surface area contributed by atoms with Crippen molar-refractivity contribution in [1.29, 1.82) is 0 Å². The first-order valence-electron chi connectivity index (χ1n) is 29.7. The molecule has 0 aromatic heterocycles. The molecule has 0 aromatic rings. The van der Waals surface area contributed by atoms with Gasteiger partial charge in [-0.05, 0) is 77.0 Å². The van der Waals surface area contributed by atoms with Gasteiger partial charge in [-0.15, -0.1) is 0 Å². The lowest BCUT2D eigenvalue weighted by Gasteiger charge is -2.35. The molecule has 0 atom stereocenters. The van der Waals surface area contributed by atoms with Crippen LogP contribution in [0.1, 0.15) is 324 Å². The van der Waals surface area contributed by atoms with E-state index in [0.29, 0.717) is 0 Å². The van der Waals surface area contributed by atoms with Crippen LogP contribution >= 0.6 is 0 Å². The van der Waals surface area contributed by atoms with E-state index in [1.54, 1.807) is 0 Å². The Bertz CT molecular complexity index is 867. The summed E-state index contributed by atoms with van der Waals surface area (Å²) < 4.78 is 36.8. The number of nitrogens with zero attached hydrogens (tertiary/aromatic N) is 2. The third-order valence-corrected chi connectivity index (χ3v) is 14.3. The quantitative estimate of drug-likeness (QED) is 0.0263. The number of quaternary nitrogens is 2. The molecule has 0 unspecified atom stereocenters. The fourth-order valence-corrected chi connectivity index (χ4v) is 9.73. The largest absolute Gasteiger partial charge is 0.759 e. The van der Waals surface area contributed by atoms with Crippen molar-refractivity contribution in [1.82, 2.24) is 0 Å². The second-order valence-corrected chi connectivity index (χ2v) is 22.2. The zero-order valence-corrected chi connectivity index (χ0v) is 47.1. The van der Waals surface area contributed by atoms with Crippen LogP contribution < -0.4 is 0 Å². The molecule has 7 heteroatoms. The molecule has 0 aromatic carbocycles. The Kier molecular flexibility index (Phi) is 58.1. The summed E-state index contributed by atoms with van der Waals surface area (Å²) in [5.41, 5.74) is 0. The number of hydrogen-bond acceptors (Lipinski definition) is 4. The summed E-state index contributed by atoms with van der Waals surface area (Å²) in [6, 6.07) is 0. The van der Waals surface area contributed by atoms with Crippen molar-refractivity contribution >= 4 is 10.4 Å². The lowest BCUT2D eigenvalue weighted by Crippen LogP contribution is -2.46.